The van der Waals surface area contributed by atoms with Gasteiger partial charge < -0.3 is 9.67 Å². The molecule has 24 heavy (non-hydrogen) atoms. The number of aromatic nitrogens is 2. The van der Waals surface area contributed by atoms with Gasteiger partial charge in [-0.25, -0.2) is 0 Å². The van der Waals surface area contributed by atoms with Crippen molar-refractivity contribution in [2.24, 2.45) is 0 Å². The molecule has 2 heterocycles. The summed E-state index contributed by atoms with van der Waals surface area (Å²) in [7, 11) is 0. The number of carbonyl (C=O) groups is 2. The standard InChI is InChI=1S/C18H16N2O3S/c1-11-5-6-19-14(7-11)18(23)16-9-12-8-13(24-2)3-4-15(12)20(16)10-17(21)22/h3-9H,10H2,1-2H3,(H,21,22). The maximum atomic E-state index is 12.8. The molecule has 0 atom stereocenters. The van der Waals surface area contributed by atoms with Crippen molar-refractivity contribution in [1.29, 1.82) is 0 Å². The largest absolute Gasteiger partial charge is 0.480 e. The fraction of sp³-hybridized carbons (Fsp3) is 0.167. The van der Waals surface area contributed by atoms with Gasteiger partial charge in [-0.2, -0.15) is 0 Å². The summed E-state index contributed by atoms with van der Waals surface area (Å²) in [4.78, 5) is 29.3. The number of benzene rings is 1. The molecular formula is C18H16N2O3S. The van der Waals surface area contributed by atoms with Gasteiger partial charge in [0, 0.05) is 22.0 Å². The van der Waals surface area contributed by atoms with E-state index in [1.807, 2.05) is 37.4 Å². The van der Waals surface area contributed by atoms with Crippen molar-refractivity contribution in [3.8, 4) is 0 Å². The first-order valence-corrected chi connectivity index (χ1v) is 8.58. The summed E-state index contributed by atoms with van der Waals surface area (Å²) in [5.74, 6) is -1.27. The first-order valence-electron chi connectivity index (χ1n) is 7.36. The molecule has 0 radical (unpaired) electrons. The quantitative estimate of drug-likeness (QED) is 0.569. The lowest BCUT2D eigenvalue weighted by Crippen LogP contribution is -2.16. The van der Waals surface area contributed by atoms with Gasteiger partial charge >= 0.3 is 5.97 Å². The lowest BCUT2D eigenvalue weighted by Gasteiger charge is -2.07. The second kappa shape index (κ2) is 6.49. The average molecular weight is 340 g/mol. The number of thioether (sulfide) groups is 1. The zero-order valence-corrected chi connectivity index (χ0v) is 14.1. The molecule has 0 bridgehead atoms. The molecule has 3 rings (SSSR count). The molecule has 2 aromatic heterocycles. The van der Waals surface area contributed by atoms with Crippen LogP contribution in [0.2, 0.25) is 0 Å². The van der Waals surface area contributed by atoms with Crippen molar-refractivity contribution in [2.45, 2.75) is 18.4 Å². The highest BCUT2D eigenvalue weighted by atomic mass is 32.2. The molecule has 0 aliphatic rings. The van der Waals surface area contributed by atoms with Crippen molar-refractivity contribution in [3.05, 3.63) is 59.5 Å². The fourth-order valence-electron chi connectivity index (χ4n) is 2.66. The molecule has 1 N–H and O–H groups in total. The number of carboxylic acids is 1. The summed E-state index contributed by atoms with van der Waals surface area (Å²) in [6.07, 6.45) is 3.55. The van der Waals surface area contributed by atoms with Gasteiger partial charge in [0.1, 0.15) is 12.2 Å². The number of nitrogens with zero attached hydrogens (tertiary/aromatic N) is 2. The minimum Gasteiger partial charge on any atom is -0.480 e. The molecule has 0 unspecified atom stereocenters. The number of ketones is 1. The molecule has 5 nitrogen and oxygen atoms in total. The lowest BCUT2D eigenvalue weighted by atomic mass is 10.1. The molecule has 0 aliphatic carbocycles. The highest BCUT2D eigenvalue weighted by Crippen LogP contribution is 2.26. The number of hydrogen-bond donors (Lipinski definition) is 1. The molecule has 0 aliphatic heterocycles. The molecule has 122 valence electrons. The number of fused-ring (bicyclic) bond motifs is 1. The summed E-state index contributed by atoms with van der Waals surface area (Å²) in [6, 6.07) is 11.0. The van der Waals surface area contributed by atoms with E-state index in [-0.39, 0.29) is 12.3 Å². The Kier molecular flexibility index (Phi) is 4.40. The van der Waals surface area contributed by atoms with E-state index in [1.165, 1.54) is 4.57 Å². The molecule has 0 spiro atoms. The van der Waals surface area contributed by atoms with Crippen LogP contribution in [0.4, 0.5) is 0 Å². The third-order valence-electron chi connectivity index (χ3n) is 3.78. The fourth-order valence-corrected chi connectivity index (χ4v) is 3.11. The zero-order chi connectivity index (χ0) is 17.3. The third-order valence-corrected chi connectivity index (χ3v) is 4.51. The minimum absolute atomic E-state index is 0.269. The van der Waals surface area contributed by atoms with Crippen LogP contribution in [0.25, 0.3) is 10.9 Å². The SMILES string of the molecule is CSc1ccc2c(c1)cc(C(=O)c1cc(C)ccn1)n2CC(=O)O. The minimum atomic E-state index is -0.993. The van der Waals surface area contributed by atoms with Crippen LogP contribution >= 0.6 is 11.8 Å². The van der Waals surface area contributed by atoms with E-state index in [2.05, 4.69) is 4.98 Å². The van der Waals surface area contributed by atoms with Gasteiger partial charge in [-0.05, 0) is 55.1 Å². The Morgan fingerprint density at radius 1 is 1.21 bits per heavy atom. The second-order valence-electron chi connectivity index (χ2n) is 5.48. The number of aliphatic carboxylic acids is 1. The number of rotatable bonds is 5. The normalized spacial score (nSPS) is 10.9. The van der Waals surface area contributed by atoms with Gasteiger partial charge in [0.2, 0.25) is 5.78 Å². The third kappa shape index (κ3) is 3.05. The average Bonchev–Trinajstić information content (AvgIpc) is 2.91. The van der Waals surface area contributed by atoms with E-state index < -0.39 is 5.97 Å². The molecular weight excluding hydrogens is 324 g/mol. The number of aryl methyl sites for hydroxylation is 1. The highest BCUT2D eigenvalue weighted by Gasteiger charge is 2.20. The highest BCUT2D eigenvalue weighted by molar-refractivity contribution is 7.98. The van der Waals surface area contributed by atoms with Crippen LogP contribution in [-0.4, -0.2) is 32.7 Å². The first-order chi connectivity index (χ1) is 11.5. The summed E-state index contributed by atoms with van der Waals surface area (Å²) < 4.78 is 1.54. The predicted molar refractivity (Wildman–Crippen MR) is 93.8 cm³/mol. The maximum Gasteiger partial charge on any atom is 0.323 e. The molecule has 6 heteroatoms. The molecule has 1 aromatic carbocycles. The Balaban J connectivity index is 2.18. The van der Waals surface area contributed by atoms with Crippen molar-refractivity contribution in [3.63, 3.8) is 0 Å². The first kappa shape index (κ1) is 16.3. The molecule has 0 fully saturated rings. The predicted octanol–water partition coefficient (Wildman–Crippen LogP) is 3.38. The van der Waals surface area contributed by atoms with E-state index in [0.717, 1.165) is 21.4 Å². The van der Waals surface area contributed by atoms with Crippen LogP contribution in [0.15, 0.2) is 47.5 Å². The lowest BCUT2D eigenvalue weighted by molar-refractivity contribution is -0.137. The van der Waals surface area contributed by atoms with Crippen LogP contribution in [-0.2, 0) is 11.3 Å². The van der Waals surface area contributed by atoms with Crippen LogP contribution < -0.4 is 0 Å². The van der Waals surface area contributed by atoms with Crippen molar-refractivity contribution < 1.29 is 14.7 Å². The van der Waals surface area contributed by atoms with E-state index >= 15 is 0 Å². The van der Waals surface area contributed by atoms with E-state index in [9.17, 15) is 14.7 Å². The number of hydrogen-bond acceptors (Lipinski definition) is 4. The van der Waals surface area contributed by atoms with Crippen molar-refractivity contribution in [1.82, 2.24) is 9.55 Å². The van der Waals surface area contributed by atoms with Gasteiger partial charge in [0.25, 0.3) is 0 Å². The molecule has 3 aromatic rings. The Bertz CT molecular complexity index is 947. The number of pyridine rings is 1. The van der Waals surface area contributed by atoms with E-state index in [0.29, 0.717) is 11.4 Å². The van der Waals surface area contributed by atoms with E-state index in [4.69, 9.17) is 0 Å². The van der Waals surface area contributed by atoms with Crippen LogP contribution in [0.1, 0.15) is 21.7 Å². The van der Waals surface area contributed by atoms with Crippen LogP contribution in [0.5, 0.6) is 0 Å². The molecule has 0 saturated heterocycles. The number of carboxylic acid groups (broad SMARTS) is 1. The smallest absolute Gasteiger partial charge is 0.323 e. The summed E-state index contributed by atoms with van der Waals surface area (Å²) in [5, 5.41) is 10.1. The summed E-state index contributed by atoms with van der Waals surface area (Å²) in [5.41, 5.74) is 2.31. The Morgan fingerprint density at radius 3 is 2.67 bits per heavy atom. The van der Waals surface area contributed by atoms with Gasteiger partial charge in [0.15, 0.2) is 0 Å². The summed E-state index contributed by atoms with van der Waals surface area (Å²) in [6.45, 7) is 1.62. The van der Waals surface area contributed by atoms with Gasteiger partial charge in [0.05, 0.1) is 5.69 Å². The van der Waals surface area contributed by atoms with Crippen LogP contribution in [0, 0.1) is 6.92 Å². The zero-order valence-electron chi connectivity index (χ0n) is 13.3. The van der Waals surface area contributed by atoms with Gasteiger partial charge in [-0.3, -0.25) is 14.6 Å². The van der Waals surface area contributed by atoms with E-state index in [1.54, 1.807) is 30.1 Å². The van der Waals surface area contributed by atoms with Crippen LogP contribution in [0.3, 0.4) is 0 Å². The second-order valence-corrected chi connectivity index (χ2v) is 6.36. The Morgan fingerprint density at radius 2 is 2.00 bits per heavy atom. The monoisotopic (exact) mass is 340 g/mol. The Hall–Kier alpha value is -2.60. The van der Waals surface area contributed by atoms with Crippen molar-refractivity contribution in [2.75, 3.05) is 6.26 Å². The topological polar surface area (TPSA) is 72.2 Å². The molecule has 0 saturated carbocycles. The summed E-state index contributed by atoms with van der Waals surface area (Å²) >= 11 is 1.60. The maximum absolute atomic E-state index is 12.8. The Labute approximate surface area is 143 Å². The number of carbonyl (C=O) groups excluding carboxylic acids is 1. The molecule has 0 amide bonds. The van der Waals surface area contributed by atoms with Gasteiger partial charge in [-0.1, -0.05) is 0 Å². The van der Waals surface area contributed by atoms with Crippen molar-refractivity contribution >= 4 is 34.4 Å². The van der Waals surface area contributed by atoms with Gasteiger partial charge in [-0.15, -0.1) is 11.8 Å².